The molecule has 1 atom stereocenters. The summed E-state index contributed by atoms with van der Waals surface area (Å²) in [6, 6.07) is 75.0. The van der Waals surface area contributed by atoms with Crippen molar-refractivity contribution in [1.82, 2.24) is 0 Å². The summed E-state index contributed by atoms with van der Waals surface area (Å²) in [7, 11) is 0. The van der Waals surface area contributed by atoms with Gasteiger partial charge in [0.1, 0.15) is 0 Å². The molecule has 13 rings (SSSR count). The second-order valence-corrected chi connectivity index (χ2v) is 16.8. The van der Waals surface area contributed by atoms with Crippen LogP contribution in [0.2, 0.25) is 0 Å². The second kappa shape index (κ2) is 13.0. The first kappa shape index (κ1) is 33.4. The van der Waals surface area contributed by atoms with Gasteiger partial charge in [-0.2, -0.15) is 0 Å². The van der Waals surface area contributed by atoms with Crippen LogP contribution in [0.5, 0.6) is 0 Å². The van der Waals surface area contributed by atoms with Crippen molar-refractivity contribution in [3.05, 3.63) is 229 Å². The summed E-state index contributed by atoms with van der Waals surface area (Å²) in [6.07, 6.45) is 5.97. The third kappa shape index (κ3) is 5.17. The maximum Gasteiger partial charge on any atom is 0.00739 e. The molecule has 0 aromatic heterocycles. The fourth-order valence-corrected chi connectivity index (χ4v) is 10.6. The second-order valence-electron chi connectivity index (χ2n) is 16.8. The predicted molar refractivity (Wildman–Crippen MR) is 258 cm³/mol. The van der Waals surface area contributed by atoms with Crippen LogP contribution in [0.3, 0.4) is 0 Å². The molecule has 0 spiro atoms. The molecule has 1 aliphatic carbocycles. The maximum absolute atomic E-state index is 2.56. The van der Waals surface area contributed by atoms with Gasteiger partial charge in [-0.25, -0.2) is 0 Å². The molecule has 12 aromatic rings. The molecule has 0 heterocycles. The standard InChI is InChI=1S/C60H38/c1-2-7-46-33-49(23-18-37(46)6-1)48-13-5-12-47(32-48)38-14-16-39(17-15-38)50-34-51(53-28-24-44-21-19-40-8-3-10-42-26-30-55(53)59(44)57(40)42)36-52(35-50)54-29-25-45-22-20-41-9-4-11-43-27-31-56(54)60(45)58(41)43/h1-34,36,52H,35H2. The molecule has 278 valence electrons. The van der Waals surface area contributed by atoms with Gasteiger partial charge in [0.2, 0.25) is 0 Å². The Labute approximate surface area is 348 Å². The number of hydrogen-bond acceptors (Lipinski definition) is 0. The minimum Gasteiger partial charge on any atom is -0.0687 e. The molecule has 0 radical (unpaired) electrons. The van der Waals surface area contributed by atoms with Crippen molar-refractivity contribution >= 4 is 86.6 Å². The molecule has 0 heteroatoms. The van der Waals surface area contributed by atoms with Crippen LogP contribution >= 0.6 is 0 Å². The molecule has 0 nitrogen and oxygen atoms in total. The van der Waals surface area contributed by atoms with Gasteiger partial charge in [0.25, 0.3) is 0 Å². The summed E-state index contributed by atoms with van der Waals surface area (Å²) in [6.45, 7) is 0. The van der Waals surface area contributed by atoms with Gasteiger partial charge in [-0.15, -0.1) is 0 Å². The molecule has 0 N–H and O–H groups in total. The Hall–Kier alpha value is -7.54. The van der Waals surface area contributed by atoms with Crippen LogP contribution in [0.25, 0.3) is 109 Å². The van der Waals surface area contributed by atoms with Gasteiger partial charge in [0, 0.05) is 5.92 Å². The average molecular weight is 759 g/mol. The van der Waals surface area contributed by atoms with Gasteiger partial charge in [-0.1, -0.05) is 200 Å². The first-order chi connectivity index (χ1) is 29.7. The minimum atomic E-state index is 0.196. The zero-order valence-electron chi connectivity index (χ0n) is 33.0. The fraction of sp³-hybridized carbons (Fsp3) is 0.0333. The molecule has 0 fully saturated rings. The molecule has 1 unspecified atom stereocenters. The first-order valence-corrected chi connectivity index (χ1v) is 21.2. The van der Waals surface area contributed by atoms with E-state index in [0.717, 1.165) is 6.42 Å². The Kier molecular flexibility index (Phi) is 7.23. The minimum absolute atomic E-state index is 0.196. The lowest BCUT2D eigenvalue weighted by Gasteiger charge is -2.26. The number of benzene rings is 12. The van der Waals surface area contributed by atoms with E-state index in [1.165, 1.54) is 125 Å². The Morgan fingerprint density at radius 2 is 0.800 bits per heavy atom. The highest BCUT2D eigenvalue weighted by Gasteiger charge is 2.24. The van der Waals surface area contributed by atoms with E-state index in [1.54, 1.807) is 0 Å². The van der Waals surface area contributed by atoms with Gasteiger partial charge in [-0.3, -0.25) is 0 Å². The highest BCUT2D eigenvalue weighted by molar-refractivity contribution is 6.26. The Morgan fingerprint density at radius 3 is 1.52 bits per heavy atom. The summed E-state index contributed by atoms with van der Waals surface area (Å²) < 4.78 is 0. The Balaban J connectivity index is 0.949. The molecule has 1 aliphatic rings. The van der Waals surface area contributed by atoms with Crippen molar-refractivity contribution in [1.29, 1.82) is 0 Å². The van der Waals surface area contributed by atoms with Crippen molar-refractivity contribution < 1.29 is 0 Å². The molecular formula is C60H38. The van der Waals surface area contributed by atoms with Crippen molar-refractivity contribution in [3.8, 4) is 22.3 Å². The molecule has 0 saturated carbocycles. The zero-order valence-corrected chi connectivity index (χ0v) is 33.0. The first-order valence-electron chi connectivity index (χ1n) is 21.2. The van der Waals surface area contributed by atoms with E-state index in [4.69, 9.17) is 0 Å². The summed E-state index contributed by atoms with van der Waals surface area (Å²) >= 11 is 0. The van der Waals surface area contributed by atoms with Crippen LogP contribution in [0.4, 0.5) is 0 Å². The monoisotopic (exact) mass is 758 g/mol. The molecule has 0 aliphatic heterocycles. The number of allylic oxidation sites excluding steroid dienone is 4. The lowest BCUT2D eigenvalue weighted by molar-refractivity contribution is 0.880. The van der Waals surface area contributed by atoms with Crippen LogP contribution in [0.1, 0.15) is 29.0 Å². The van der Waals surface area contributed by atoms with Crippen LogP contribution in [0.15, 0.2) is 212 Å². The highest BCUT2D eigenvalue weighted by Crippen LogP contribution is 2.46. The number of rotatable bonds is 5. The Morgan fingerprint density at radius 1 is 0.317 bits per heavy atom. The molecule has 0 bridgehead atoms. The normalized spacial score (nSPS) is 14.6. The average Bonchev–Trinajstić information content (AvgIpc) is 3.32. The van der Waals surface area contributed by atoms with E-state index in [1.807, 2.05) is 0 Å². The fourth-order valence-electron chi connectivity index (χ4n) is 10.6. The topological polar surface area (TPSA) is 0 Å². The SMILES string of the molecule is C1=C(c2ccc(-c3cccc(-c4ccc5ccccc5c4)c3)cc2)CC(c2ccc3ccc4cccc5ccc2c3c45)C=C1c1ccc2ccc3cccc4ccc1c2c34. The van der Waals surface area contributed by atoms with E-state index in [9.17, 15) is 0 Å². The van der Waals surface area contributed by atoms with E-state index >= 15 is 0 Å². The smallest absolute Gasteiger partial charge is 0.00739 e. The van der Waals surface area contributed by atoms with Crippen molar-refractivity contribution in [2.24, 2.45) is 0 Å². The van der Waals surface area contributed by atoms with E-state index in [2.05, 4.69) is 212 Å². The van der Waals surface area contributed by atoms with Gasteiger partial charge in [0.15, 0.2) is 0 Å². The van der Waals surface area contributed by atoms with Crippen LogP contribution < -0.4 is 0 Å². The van der Waals surface area contributed by atoms with Crippen molar-refractivity contribution in [2.75, 3.05) is 0 Å². The van der Waals surface area contributed by atoms with Crippen LogP contribution in [-0.4, -0.2) is 0 Å². The van der Waals surface area contributed by atoms with Crippen molar-refractivity contribution in [2.45, 2.75) is 12.3 Å². The molecular weight excluding hydrogens is 721 g/mol. The Bertz CT molecular complexity index is 3700. The summed E-state index contributed by atoms with van der Waals surface area (Å²) in [5, 5.41) is 18.5. The third-order valence-electron chi connectivity index (χ3n) is 13.5. The maximum atomic E-state index is 2.56. The third-order valence-corrected chi connectivity index (χ3v) is 13.5. The quantitative estimate of drug-likeness (QED) is 0.153. The van der Waals surface area contributed by atoms with Gasteiger partial charge in [0.05, 0.1) is 0 Å². The van der Waals surface area contributed by atoms with Gasteiger partial charge >= 0.3 is 0 Å². The van der Waals surface area contributed by atoms with Gasteiger partial charge in [-0.05, 0) is 144 Å². The largest absolute Gasteiger partial charge is 0.0687 e. The van der Waals surface area contributed by atoms with E-state index in [0.29, 0.717) is 0 Å². The molecule has 0 saturated heterocycles. The summed E-state index contributed by atoms with van der Waals surface area (Å²) in [5.74, 6) is 0.196. The summed E-state index contributed by atoms with van der Waals surface area (Å²) in [4.78, 5) is 0. The lowest BCUT2D eigenvalue weighted by atomic mass is 9.78. The van der Waals surface area contributed by atoms with Crippen molar-refractivity contribution in [3.63, 3.8) is 0 Å². The van der Waals surface area contributed by atoms with Crippen LogP contribution in [0, 0.1) is 0 Å². The highest BCUT2D eigenvalue weighted by atomic mass is 14.3. The zero-order chi connectivity index (χ0) is 39.3. The predicted octanol–water partition coefficient (Wildman–Crippen LogP) is 16.6. The molecule has 12 aromatic carbocycles. The van der Waals surface area contributed by atoms with Gasteiger partial charge < -0.3 is 0 Å². The summed E-state index contributed by atoms with van der Waals surface area (Å²) in [5.41, 5.74) is 11.5. The van der Waals surface area contributed by atoms with E-state index in [-0.39, 0.29) is 5.92 Å². The van der Waals surface area contributed by atoms with E-state index < -0.39 is 0 Å². The number of hydrogen-bond donors (Lipinski definition) is 0. The molecule has 60 heavy (non-hydrogen) atoms. The number of fused-ring (bicyclic) bond motifs is 1. The lowest BCUT2D eigenvalue weighted by Crippen LogP contribution is -2.05. The molecule has 0 amide bonds. The van der Waals surface area contributed by atoms with Crippen LogP contribution in [-0.2, 0) is 0 Å².